The van der Waals surface area contributed by atoms with Crippen molar-refractivity contribution in [2.24, 2.45) is 0 Å². The van der Waals surface area contributed by atoms with Gasteiger partial charge in [0.05, 0.1) is 54.5 Å². The SMILES string of the molecule is CCCOc1cc(-c2c3n(c4c(=O)oc5cc(OCCC)c(OC)cc5c24)CCc2c-3cc(OC)c(OC)c2OC)ccc1OC. The van der Waals surface area contributed by atoms with Gasteiger partial charge in [-0.3, -0.25) is 0 Å². The Morgan fingerprint density at radius 1 is 0.739 bits per heavy atom. The molecule has 0 saturated carbocycles. The molecular weight excluding hydrogens is 590 g/mol. The smallest absolute Gasteiger partial charge is 0.361 e. The van der Waals surface area contributed by atoms with Crippen LogP contribution in [0, 0.1) is 0 Å². The molecule has 3 aromatic carbocycles. The lowest BCUT2D eigenvalue weighted by molar-refractivity contribution is 0.294. The molecule has 0 fully saturated rings. The zero-order valence-corrected chi connectivity index (χ0v) is 27.3. The molecule has 5 aromatic rings. The number of rotatable bonds is 12. The van der Waals surface area contributed by atoms with Crippen LogP contribution in [0.3, 0.4) is 0 Å². The van der Waals surface area contributed by atoms with E-state index in [2.05, 4.69) is 6.92 Å². The quantitative estimate of drug-likeness (QED) is 0.132. The molecule has 10 heteroatoms. The van der Waals surface area contributed by atoms with Gasteiger partial charge in [-0.25, -0.2) is 4.79 Å². The van der Waals surface area contributed by atoms with Crippen molar-refractivity contribution in [2.75, 3.05) is 48.8 Å². The lowest BCUT2D eigenvalue weighted by Crippen LogP contribution is -2.16. The molecule has 1 aliphatic rings. The van der Waals surface area contributed by atoms with Gasteiger partial charge in [-0.2, -0.15) is 0 Å². The standard InChI is InChI=1S/C36H39NO9/c1-8-14-44-27-16-20(10-11-24(27)39-3)30-31-23-18-26(40-4)28(45-15-9-2)19-25(23)46-36(38)33(31)37-13-12-21-22(32(30)37)17-29(41-5)35(43-7)34(21)42-6/h10-11,16-19H,8-9,12-15H2,1-7H3. The van der Waals surface area contributed by atoms with E-state index < -0.39 is 5.63 Å². The number of hydrogen-bond acceptors (Lipinski definition) is 9. The van der Waals surface area contributed by atoms with E-state index in [1.165, 1.54) is 0 Å². The Morgan fingerprint density at radius 3 is 2.04 bits per heavy atom. The highest BCUT2D eigenvalue weighted by Gasteiger charge is 2.33. The van der Waals surface area contributed by atoms with Gasteiger partial charge in [0.25, 0.3) is 0 Å². The number of hydrogen-bond donors (Lipinski definition) is 0. The molecule has 0 atom stereocenters. The fraction of sp³-hybridized carbons (Fsp3) is 0.361. The van der Waals surface area contributed by atoms with Gasteiger partial charge in [-0.15, -0.1) is 0 Å². The molecule has 0 radical (unpaired) electrons. The first-order valence-corrected chi connectivity index (χ1v) is 15.4. The summed E-state index contributed by atoms with van der Waals surface area (Å²) in [4.78, 5) is 14.0. The van der Waals surface area contributed by atoms with Gasteiger partial charge in [-0.1, -0.05) is 19.9 Å². The van der Waals surface area contributed by atoms with Crippen molar-refractivity contribution >= 4 is 21.9 Å². The second-order valence-electron chi connectivity index (χ2n) is 11.0. The Labute approximate surface area is 267 Å². The second kappa shape index (κ2) is 12.8. The highest BCUT2D eigenvalue weighted by Crippen LogP contribution is 2.53. The van der Waals surface area contributed by atoms with Crippen LogP contribution in [0.2, 0.25) is 0 Å². The van der Waals surface area contributed by atoms with E-state index in [1.807, 2.05) is 41.8 Å². The fourth-order valence-corrected chi connectivity index (χ4v) is 6.39. The van der Waals surface area contributed by atoms with Gasteiger partial charge in [0.1, 0.15) is 11.1 Å². The summed E-state index contributed by atoms with van der Waals surface area (Å²) in [6.07, 6.45) is 2.24. The molecule has 0 bridgehead atoms. The molecule has 0 N–H and O–H groups in total. The van der Waals surface area contributed by atoms with Crippen molar-refractivity contribution in [3.63, 3.8) is 0 Å². The Balaban J connectivity index is 1.79. The topological polar surface area (TPSA) is 99.8 Å². The summed E-state index contributed by atoms with van der Waals surface area (Å²) < 4.78 is 49.0. The normalized spacial score (nSPS) is 12.1. The van der Waals surface area contributed by atoms with Crippen molar-refractivity contribution in [3.8, 4) is 62.6 Å². The van der Waals surface area contributed by atoms with Gasteiger partial charge in [-0.05, 0) is 49.1 Å². The van der Waals surface area contributed by atoms with Crippen LogP contribution in [0.5, 0.6) is 40.2 Å². The Morgan fingerprint density at radius 2 is 1.41 bits per heavy atom. The molecule has 2 aromatic heterocycles. The minimum absolute atomic E-state index is 0.398. The molecule has 0 saturated heterocycles. The average Bonchev–Trinajstić information content (AvgIpc) is 3.44. The minimum atomic E-state index is -0.450. The molecule has 46 heavy (non-hydrogen) atoms. The molecule has 0 spiro atoms. The van der Waals surface area contributed by atoms with Crippen LogP contribution in [0.4, 0.5) is 0 Å². The monoisotopic (exact) mass is 629 g/mol. The van der Waals surface area contributed by atoms with Crippen molar-refractivity contribution in [1.82, 2.24) is 4.57 Å². The van der Waals surface area contributed by atoms with Gasteiger partial charge in [0.2, 0.25) is 5.75 Å². The third-order valence-corrected chi connectivity index (χ3v) is 8.34. The van der Waals surface area contributed by atoms with E-state index in [-0.39, 0.29) is 0 Å². The van der Waals surface area contributed by atoms with Crippen molar-refractivity contribution < 1.29 is 37.6 Å². The fourth-order valence-electron chi connectivity index (χ4n) is 6.39. The number of aromatic nitrogens is 1. The molecule has 0 amide bonds. The summed E-state index contributed by atoms with van der Waals surface area (Å²) in [5.41, 5.74) is 4.71. The molecule has 0 unspecified atom stereocenters. The average molecular weight is 630 g/mol. The first-order valence-electron chi connectivity index (χ1n) is 15.4. The van der Waals surface area contributed by atoms with Gasteiger partial charge in [0, 0.05) is 40.1 Å². The third-order valence-electron chi connectivity index (χ3n) is 8.34. The van der Waals surface area contributed by atoms with Crippen molar-refractivity contribution in [2.45, 2.75) is 39.7 Å². The lowest BCUT2D eigenvalue weighted by Gasteiger charge is -2.25. The molecule has 1 aliphatic heterocycles. The van der Waals surface area contributed by atoms with Crippen LogP contribution < -0.4 is 38.8 Å². The summed E-state index contributed by atoms with van der Waals surface area (Å²) in [6, 6.07) is 11.4. The summed E-state index contributed by atoms with van der Waals surface area (Å²) >= 11 is 0. The summed E-state index contributed by atoms with van der Waals surface area (Å²) in [7, 11) is 8.03. The van der Waals surface area contributed by atoms with E-state index in [4.69, 9.17) is 37.6 Å². The summed E-state index contributed by atoms with van der Waals surface area (Å²) in [5.74, 6) is 3.91. The van der Waals surface area contributed by atoms with Crippen LogP contribution in [-0.4, -0.2) is 53.3 Å². The van der Waals surface area contributed by atoms with E-state index in [9.17, 15) is 4.79 Å². The van der Waals surface area contributed by atoms with Gasteiger partial charge >= 0.3 is 5.63 Å². The highest BCUT2D eigenvalue weighted by atomic mass is 16.5. The largest absolute Gasteiger partial charge is 0.493 e. The van der Waals surface area contributed by atoms with E-state index >= 15 is 0 Å². The number of methoxy groups -OCH3 is 5. The van der Waals surface area contributed by atoms with E-state index in [1.54, 1.807) is 41.6 Å². The van der Waals surface area contributed by atoms with E-state index in [0.717, 1.165) is 46.2 Å². The molecule has 3 heterocycles. The Kier molecular flexibility index (Phi) is 8.62. The molecule has 242 valence electrons. The number of ether oxygens (including phenoxy) is 7. The van der Waals surface area contributed by atoms with Gasteiger partial charge < -0.3 is 42.1 Å². The molecular formula is C36H39NO9. The molecule has 10 nitrogen and oxygen atoms in total. The minimum Gasteiger partial charge on any atom is -0.493 e. The third kappa shape index (κ3) is 4.92. The maximum absolute atomic E-state index is 14.0. The maximum atomic E-state index is 14.0. The molecule has 0 aliphatic carbocycles. The Bertz CT molecular complexity index is 1990. The first kappa shape index (κ1) is 31.0. The van der Waals surface area contributed by atoms with Gasteiger partial charge in [0.15, 0.2) is 34.5 Å². The number of benzene rings is 3. The highest BCUT2D eigenvalue weighted by molar-refractivity contribution is 6.17. The number of fused-ring (bicyclic) bond motifs is 7. The van der Waals surface area contributed by atoms with Crippen LogP contribution in [0.25, 0.3) is 44.3 Å². The zero-order valence-electron chi connectivity index (χ0n) is 27.3. The van der Waals surface area contributed by atoms with Crippen molar-refractivity contribution in [3.05, 3.63) is 52.4 Å². The van der Waals surface area contributed by atoms with E-state index in [0.29, 0.717) is 82.9 Å². The van der Waals surface area contributed by atoms with Crippen LogP contribution in [0.1, 0.15) is 32.3 Å². The summed E-state index contributed by atoms with van der Waals surface area (Å²) in [5, 5.41) is 1.45. The predicted octanol–water partition coefficient (Wildman–Crippen LogP) is 7.26. The molecule has 6 rings (SSSR count). The van der Waals surface area contributed by atoms with Crippen LogP contribution >= 0.6 is 0 Å². The summed E-state index contributed by atoms with van der Waals surface area (Å²) in [6.45, 7) is 5.61. The first-order chi connectivity index (χ1) is 22.4. The lowest BCUT2D eigenvalue weighted by atomic mass is 9.91. The Hall–Kier alpha value is -4.99. The zero-order chi connectivity index (χ0) is 32.5. The number of nitrogens with zero attached hydrogens (tertiary/aromatic N) is 1. The van der Waals surface area contributed by atoms with Crippen LogP contribution in [-0.2, 0) is 13.0 Å². The van der Waals surface area contributed by atoms with Crippen molar-refractivity contribution in [1.29, 1.82) is 0 Å². The number of aryl methyl sites for hydroxylation is 1. The maximum Gasteiger partial charge on any atom is 0.361 e. The predicted molar refractivity (Wildman–Crippen MR) is 177 cm³/mol. The second-order valence-corrected chi connectivity index (χ2v) is 11.0. The van der Waals surface area contributed by atoms with Crippen LogP contribution in [0.15, 0.2) is 45.6 Å².